The van der Waals surface area contributed by atoms with E-state index in [0.29, 0.717) is 12.6 Å². The molecule has 0 aliphatic heterocycles. The van der Waals surface area contributed by atoms with E-state index in [0.717, 1.165) is 5.56 Å². The lowest BCUT2D eigenvalue weighted by Gasteiger charge is -2.24. The first-order valence-corrected chi connectivity index (χ1v) is 6.75. The number of hydrogen-bond acceptors (Lipinski definition) is 2. The Kier molecular flexibility index (Phi) is 4.20. The molecule has 1 aromatic carbocycles. The van der Waals surface area contributed by atoms with Crippen LogP contribution in [0.1, 0.15) is 35.7 Å². The zero-order chi connectivity index (χ0) is 14.0. The average Bonchev–Trinajstić information content (AvgIpc) is 3.18. The maximum atomic E-state index is 13.7. The second-order valence-corrected chi connectivity index (χ2v) is 5.44. The Labute approximate surface area is 113 Å². The van der Waals surface area contributed by atoms with E-state index in [1.807, 2.05) is 0 Å². The summed E-state index contributed by atoms with van der Waals surface area (Å²) in [6.45, 7) is 4.42. The van der Waals surface area contributed by atoms with Crippen LogP contribution in [-0.4, -0.2) is 36.5 Å². The van der Waals surface area contributed by atoms with Crippen LogP contribution >= 0.6 is 0 Å². The lowest BCUT2D eigenvalue weighted by molar-refractivity contribution is 0.0935. The summed E-state index contributed by atoms with van der Waals surface area (Å²) >= 11 is 0. The van der Waals surface area contributed by atoms with Crippen molar-refractivity contribution in [1.29, 1.82) is 0 Å². The Morgan fingerprint density at radius 2 is 2.21 bits per heavy atom. The highest BCUT2D eigenvalue weighted by atomic mass is 19.1. The predicted molar refractivity (Wildman–Crippen MR) is 73.7 cm³/mol. The summed E-state index contributed by atoms with van der Waals surface area (Å²) in [7, 11) is 2.07. The van der Waals surface area contributed by atoms with Crippen LogP contribution in [0.15, 0.2) is 18.2 Å². The van der Waals surface area contributed by atoms with Gasteiger partial charge in [0, 0.05) is 18.6 Å². The molecule has 0 spiro atoms. The van der Waals surface area contributed by atoms with Crippen LogP contribution in [0.3, 0.4) is 0 Å². The van der Waals surface area contributed by atoms with E-state index in [9.17, 15) is 9.18 Å². The SMILES string of the molecule is Cc1ccc(C(=O)NCC(C)N(C)C2CC2)c(F)c1. The van der Waals surface area contributed by atoms with Gasteiger partial charge in [-0.2, -0.15) is 0 Å². The molecule has 1 atom stereocenters. The van der Waals surface area contributed by atoms with E-state index in [-0.39, 0.29) is 17.5 Å². The van der Waals surface area contributed by atoms with Crippen molar-refractivity contribution in [3.05, 3.63) is 35.1 Å². The van der Waals surface area contributed by atoms with Gasteiger partial charge < -0.3 is 5.32 Å². The van der Waals surface area contributed by atoms with E-state index in [1.165, 1.54) is 25.0 Å². The van der Waals surface area contributed by atoms with Gasteiger partial charge in [0.05, 0.1) is 5.56 Å². The summed E-state index contributed by atoms with van der Waals surface area (Å²) in [6.07, 6.45) is 2.47. The fraction of sp³-hybridized carbons (Fsp3) is 0.533. The largest absolute Gasteiger partial charge is 0.350 e. The lowest BCUT2D eigenvalue weighted by Crippen LogP contribution is -2.41. The Balaban J connectivity index is 1.89. The van der Waals surface area contributed by atoms with Gasteiger partial charge in [0.15, 0.2) is 0 Å². The molecule has 1 aliphatic rings. The van der Waals surface area contributed by atoms with Gasteiger partial charge in [-0.05, 0) is 51.4 Å². The zero-order valence-electron chi connectivity index (χ0n) is 11.7. The summed E-state index contributed by atoms with van der Waals surface area (Å²) in [5.74, 6) is -0.797. The smallest absolute Gasteiger partial charge is 0.254 e. The van der Waals surface area contributed by atoms with Crippen molar-refractivity contribution in [2.24, 2.45) is 0 Å². The van der Waals surface area contributed by atoms with E-state index >= 15 is 0 Å². The van der Waals surface area contributed by atoms with Gasteiger partial charge in [0.1, 0.15) is 5.82 Å². The molecule has 2 rings (SSSR count). The maximum absolute atomic E-state index is 13.7. The van der Waals surface area contributed by atoms with Crippen LogP contribution in [0.4, 0.5) is 4.39 Å². The highest BCUT2D eigenvalue weighted by Crippen LogP contribution is 2.26. The third-order valence-corrected chi connectivity index (χ3v) is 3.75. The van der Waals surface area contributed by atoms with Gasteiger partial charge in [-0.25, -0.2) is 4.39 Å². The van der Waals surface area contributed by atoms with Gasteiger partial charge >= 0.3 is 0 Å². The fourth-order valence-electron chi connectivity index (χ4n) is 2.13. The first kappa shape index (κ1) is 14.0. The molecule has 0 saturated heterocycles. The van der Waals surface area contributed by atoms with Crippen LogP contribution < -0.4 is 5.32 Å². The molecule has 0 bridgehead atoms. The molecular weight excluding hydrogens is 243 g/mol. The molecule has 1 aliphatic carbocycles. The van der Waals surface area contributed by atoms with Crippen LogP contribution in [0.25, 0.3) is 0 Å². The van der Waals surface area contributed by atoms with Gasteiger partial charge in [0.25, 0.3) is 5.91 Å². The number of carbonyl (C=O) groups is 1. The van der Waals surface area contributed by atoms with Crippen molar-refractivity contribution in [1.82, 2.24) is 10.2 Å². The molecule has 1 aromatic rings. The Morgan fingerprint density at radius 1 is 1.53 bits per heavy atom. The Morgan fingerprint density at radius 3 is 2.79 bits per heavy atom. The number of carbonyl (C=O) groups excluding carboxylic acids is 1. The van der Waals surface area contributed by atoms with Gasteiger partial charge in [-0.15, -0.1) is 0 Å². The van der Waals surface area contributed by atoms with Crippen LogP contribution in [0.5, 0.6) is 0 Å². The molecule has 0 radical (unpaired) electrons. The fourth-order valence-corrected chi connectivity index (χ4v) is 2.13. The van der Waals surface area contributed by atoms with Gasteiger partial charge in [0.2, 0.25) is 0 Å². The van der Waals surface area contributed by atoms with Crippen molar-refractivity contribution in [3.8, 4) is 0 Å². The van der Waals surface area contributed by atoms with Crippen LogP contribution in [-0.2, 0) is 0 Å². The van der Waals surface area contributed by atoms with Gasteiger partial charge in [-0.1, -0.05) is 6.07 Å². The van der Waals surface area contributed by atoms with Crippen molar-refractivity contribution in [2.75, 3.05) is 13.6 Å². The van der Waals surface area contributed by atoms with E-state index in [4.69, 9.17) is 0 Å². The number of halogens is 1. The molecule has 3 nitrogen and oxygen atoms in total. The van der Waals surface area contributed by atoms with Crippen molar-refractivity contribution in [2.45, 2.75) is 38.8 Å². The summed E-state index contributed by atoms with van der Waals surface area (Å²) < 4.78 is 13.7. The molecule has 1 unspecified atom stereocenters. The molecule has 0 aromatic heterocycles. The number of nitrogens with one attached hydrogen (secondary N) is 1. The highest BCUT2D eigenvalue weighted by Gasteiger charge is 2.29. The van der Waals surface area contributed by atoms with E-state index in [1.54, 1.807) is 13.0 Å². The first-order valence-electron chi connectivity index (χ1n) is 6.75. The third kappa shape index (κ3) is 3.53. The van der Waals surface area contributed by atoms with Gasteiger partial charge in [-0.3, -0.25) is 9.69 Å². The molecular formula is C15H21FN2O. The number of aryl methyl sites for hydroxylation is 1. The topological polar surface area (TPSA) is 32.3 Å². The molecule has 4 heteroatoms. The normalized spacial score (nSPS) is 16.5. The summed E-state index contributed by atoms with van der Waals surface area (Å²) in [6, 6.07) is 5.59. The van der Waals surface area contributed by atoms with E-state index in [2.05, 4.69) is 24.2 Å². The Bertz CT molecular complexity index is 471. The summed E-state index contributed by atoms with van der Waals surface area (Å²) in [5.41, 5.74) is 0.933. The minimum absolute atomic E-state index is 0.117. The molecule has 0 heterocycles. The first-order chi connectivity index (χ1) is 8.99. The Hall–Kier alpha value is -1.42. The monoisotopic (exact) mass is 264 g/mol. The highest BCUT2D eigenvalue weighted by molar-refractivity contribution is 5.94. The predicted octanol–water partition coefficient (Wildman–Crippen LogP) is 2.35. The minimum Gasteiger partial charge on any atom is -0.350 e. The zero-order valence-corrected chi connectivity index (χ0v) is 11.7. The second-order valence-electron chi connectivity index (χ2n) is 5.44. The third-order valence-electron chi connectivity index (χ3n) is 3.75. The number of likely N-dealkylation sites (N-methyl/N-ethyl adjacent to an activating group) is 1. The quantitative estimate of drug-likeness (QED) is 0.885. The summed E-state index contributed by atoms with van der Waals surface area (Å²) in [5, 5.41) is 2.80. The van der Waals surface area contributed by atoms with Crippen molar-refractivity contribution < 1.29 is 9.18 Å². The minimum atomic E-state index is -0.458. The molecule has 1 saturated carbocycles. The number of rotatable bonds is 5. The average molecular weight is 264 g/mol. The number of benzene rings is 1. The van der Waals surface area contributed by atoms with Crippen molar-refractivity contribution in [3.63, 3.8) is 0 Å². The van der Waals surface area contributed by atoms with Crippen molar-refractivity contribution >= 4 is 5.91 Å². The van der Waals surface area contributed by atoms with Crippen LogP contribution in [0, 0.1) is 12.7 Å². The number of hydrogen-bond donors (Lipinski definition) is 1. The molecule has 19 heavy (non-hydrogen) atoms. The summed E-state index contributed by atoms with van der Waals surface area (Å²) in [4.78, 5) is 14.2. The molecule has 1 fully saturated rings. The molecule has 1 N–H and O–H groups in total. The maximum Gasteiger partial charge on any atom is 0.254 e. The second kappa shape index (κ2) is 5.70. The molecule has 1 amide bonds. The van der Waals surface area contributed by atoms with E-state index < -0.39 is 5.82 Å². The number of nitrogens with zero attached hydrogens (tertiary/aromatic N) is 1. The number of amides is 1. The standard InChI is InChI=1S/C15H21FN2O/c1-10-4-7-13(14(16)8-10)15(19)17-9-11(2)18(3)12-5-6-12/h4,7-8,11-12H,5-6,9H2,1-3H3,(H,17,19). The molecule has 104 valence electrons. The lowest BCUT2D eigenvalue weighted by atomic mass is 10.1. The van der Waals surface area contributed by atoms with Crippen LogP contribution in [0.2, 0.25) is 0 Å².